The topological polar surface area (TPSA) is 59.0 Å². The molecule has 4 nitrogen and oxygen atoms in total. The lowest BCUT2D eigenvalue weighted by Crippen LogP contribution is -3.00. The van der Waals surface area contributed by atoms with E-state index in [9.17, 15) is 4.79 Å². The molecule has 0 spiro atoms. The molecule has 0 aromatic carbocycles. The van der Waals surface area contributed by atoms with Gasteiger partial charge in [-0.05, 0) is 0 Å². The van der Waals surface area contributed by atoms with E-state index in [-0.39, 0.29) is 29.4 Å². The third-order valence-corrected chi connectivity index (χ3v) is 1.26. The summed E-state index contributed by atoms with van der Waals surface area (Å²) in [6.45, 7) is 0.261. The van der Waals surface area contributed by atoms with Gasteiger partial charge in [-0.25, -0.2) is 5.84 Å². The molecule has 0 unspecified atom stereocenters. The number of hydrazine groups is 1. The molecule has 0 saturated heterocycles. The van der Waals surface area contributed by atoms with Crippen molar-refractivity contribution in [2.75, 3.05) is 0 Å². The summed E-state index contributed by atoms with van der Waals surface area (Å²) in [7, 11) is 0. The first-order valence-electron chi connectivity index (χ1n) is 3.26. The molecule has 66 valence electrons. The second-order valence-corrected chi connectivity index (χ2v) is 2.12. The van der Waals surface area contributed by atoms with Gasteiger partial charge in [-0.2, -0.15) is 4.57 Å². The van der Waals surface area contributed by atoms with Gasteiger partial charge < -0.3 is 17.0 Å². The molecule has 0 aliphatic rings. The standard InChI is InChI=1S/C7H9N3O.BrH/c8-9-7(11)6-10-4-2-1-3-5-10;/h1-5H,6,8H2;1H. The van der Waals surface area contributed by atoms with E-state index in [2.05, 4.69) is 5.43 Å². The van der Waals surface area contributed by atoms with Crippen molar-refractivity contribution in [3.63, 3.8) is 0 Å². The zero-order chi connectivity index (χ0) is 8.10. The number of nitrogens with one attached hydrogen (secondary N) is 1. The normalized spacial score (nSPS) is 8.42. The van der Waals surface area contributed by atoms with E-state index in [1.54, 1.807) is 17.0 Å². The van der Waals surface area contributed by atoms with E-state index in [1.807, 2.05) is 18.2 Å². The maximum Gasteiger partial charge on any atom is 0.299 e. The molecule has 3 N–H and O–H groups in total. The van der Waals surface area contributed by atoms with Crippen molar-refractivity contribution < 1.29 is 26.3 Å². The number of carbonyl (C=O) groups excluding carboxylic acids is 1. The molecule has 1 heterocycles. The van der Waals surface area contributed by atoms with Crippen molar-refractivity contribution in [1.82, 2.24) is 5.43 Å². The van der Waals surface area contributed by atoms with Gasteiger partial charge in [-0.3, -0.25) is 10.2 Å². The molecule has 0 bridgehead atoms. The lowest BCUT2D eigenvalue weighted by molar-refractivity contribution is -0.684. The van der Waals surface area contributed by atoms with Crippen molar-refractivity contribution >= 4 is 5.91 Å². The van der Waals surface area contributed by atoms with Gasteiger partial charge in [0.25, 0.3) is 5.91 Å². The van der Waals surface area contributed by atoms with Gasteiger partial charge in [-0.15, -0.1) is 0 Å². The summed E-state index contributed by atoms with van der Waals surface area (Å²) >= 11 is 0. The number of carbonyl (C=O) groups is 1. The number of nitrogens with two attached hydrogens (primary N) is 1. The van der Waals surface area contributed by atoms with Crippen LogP contribution in [0.1, 0.15) is 0 Å². The summed E-state index contributed by atoms with van der Waals surface area (Å²) in [6, 6.07) is 5.59. The van der Waals surface area contributed by atoms with Gasteiger partial charge in [0.2, 0.25) is 6.54 Å². The van der Waals surface area contributed by atoms with Gasteiger partial charge in [0.15, 0.2) is 12.4 Å². The van der Waals surface area contributed by atoms with Crippen LogP contribution >= 0.6 is 0 Å². The molecule has 0 aliphatic heterocycles. The number of aromatic nitrogens is 1. The Morgan fingerprint density at radius 1 is 1.33 bits per heavy atom. The fraction of sp³-hybridized carbons (Fsp3) is 0.143. The first kappa shape index (κ1) is 11.1. The Hall–Kier alpha value is -0.940. The van der Waals surface area contributed by atoms with Crippen molar-refractivity contribution in [2.24, 2.45) is 5.84 Å². The van der Waals surface area contributed by atoms with Gasteiger partial charge >= 0.3 is 0 Å². The van der Waals surface area contributed by atoms with Crippen molar-refractivity contribution in [1.29, 1.82) is 0 Å². The summed E-state index contributed by atoms with van der Waals surface area (Å²) in [5.74, 6) is 4.70. The van der Waals surface area contributed by atoms with Gasteiger partial charge in [0.1, 0.15) is 0 Å². The molecule has 1 amide bonds. The molecule has 0 aliphatic carbocycles. The Morgan fingerprint density at radius 3 is 2.42 bits per heavy atom. The molecule has 1 aromatic rings. The highest BCUT2D eigenvalue weighted by Crippen LogP contribution is 1.75. The largest absolute Gasteiger partial charge is 1.00 e. The van der Waals surface area contributed by atoms with Crippen LogP contribution in [0.25, 0.3) is 0 Å². The van der Waals surface area contributed by atoms with Gasteiger partial charge in [-0.1, -0.05) is 6.07 Å². The van der Waals surface area contributed by atoms with Crippen LogP contribution in [0.3, 0.4) is 0 Å². The van der Waals surface area contributed by atoms with Crippen LogP contribution in [0.15, 0.2) is 30.6 Å². The number of halogens is 1. The Morgan fingerprint density at radius 2 is 1.92 bits per heavy atom. The molecule has 0 fully saturated rings. The molecule has 1 rings (SSSR count). The fourth-order valence-corrected chi connectivity index (χ4v) is 0.751. The lowest BCUT2D eigenvalue weighted by Gasteiger charge is -1.93. The van der Waals surface area contributed by atoms with Crippen LogP contribution in [0.2, 0.25) is 0 Å². The minimum absolute atomic E-state index is 0. The zero-order valence-electron chi connectivity index (χ0n) is 6.40. The zero-order valence-corrected chi connectivity index (χ0v) is 7.99. The average Bonchev–Trinajstić information content (AvgIpc) is 2.06. The second kappa shape index (κ2) is 5.68. The smallest absolute Gasteiger partial charge is 0.299 e. The molecular weight excluding hydrogens is 222 g/mol. The number of pyridine rings is 1. The molecule has 5 heteroatoms. The fourth-order valence-electron chi connectivity index (χ4n) is 0.751. The summed E-state index contributed by atoms with van der Waals surface area (Å²) in [6.07, 6.45) is 3.60. The molecule has 1 aromatic heterocycles. The van der Waals surface area contributed by atoms with Crippen LogP contribution < -0.4 is 32.8 Å². The van der Waals surface area contributed by atoms with Crippen LogP contribution in [0.5, 0.6) is 0 Å². The first-order valence-corrected chi connectivity index (χ1v) is 3.26. The van der Waals surface area contributed by atoms with Crippen LogP contribution in [-0.4, -0.2) is 5.91 Å². The summed E-state index contributed by atoms with van der Waals surface area (Å²) in [5, 5.41) is 0. The minimum Gasteiger partial charge on any atom is -1.00 e. The predicted octanol–water partition coefficient (Wildman–Crippen LogP) is -4.03. The quantitative estimate of drug-likeness (QED) is 0.236. The SMILES string of the molecule is NNC(=O)C[n+]1ccccc1.[Br-]. The highest BCUT2D eigenvalue weighted by Gasteiger charge is 2.04. The van der Waals surface area contributed by atoms with Crippen LogP contribution in [-0.2, 0) is 11.3 Å². The monoisotopic (exact) mass is 231 g/mol. The Bertz CT molecular complexity index is 240. The third-order valence-electron chi connectivity index (χ3n) is 1.26. The van der Waals surface area contributed by atoms with Crippen molar-refractivity contribution in [3.05, 3.63) is 30.6 Å². The summed E-state index contributed by atoms with van der Waals surface area (Å²) in [5.41, 5.74) is 2.05. The maximum absolute atomic E-state index is 10.7. The van der Waals surface area contributed by atoms with Crippen molar-refractivity contribution in [2.45, 2.75) is 6.54 Å². The summed E-state index contributed by atoms with van der Waals surface area (Å²) < 4.78 is 1.74. The number of hydrogen-bond acceptors (Lipinski definition) is 2. The minimum atomic E-state index is -0.207. The third kappa shape index (κ3) is 3.45. The van der Waals surface area contributed by atoms with Crippen LogP contribution in [0.4, 0.5) is 0 Å². The number of hydrogen-bond donors (Lipinski definition) is 2. The van der Waals surface area contributed by atoms with Crippen molar-refractivity contribution in [3.8, 4) is 0 Å². The molecule has 0 radical (unpaired) electrons. The van der Waals surface area contributed by atoms with E-state index in [0.29, 0.717) is 0 Å². The second-order valence-electron chi connectivity index (χ2n) is 2.12. The highest BCUT2D eigenvalue weighted by atomic mass is 79.9. The van der Waals surface area contributed by atoms with E-state index >= 15 is 0 Å². The Kier molecular flexibility index (Phi) is 5.23. The van der Waals surface area contributed by atoms with Crippen LogP contribution in [0, 0.1) is 0 Å². The van der Waals surface area contributed by atoms with E-state index in [4.69, 9.17) is 5.84 Å². The molecule has 0 saturated carbocycles. The predicted molar refractivity (Wildman–Crippen MR) is 39.0 cm³/mol. The highest BCUT2D eigenvalue weighted by molar-refractivity contribution is 5.73. The Labute approximate surface area is 81.1 Å². The maximum atomic E-state index is 10.7. The van der Waals surface area contributed by atoms with E-state index in [0.717, 1.165) is 0 Å². The average molecular weight is 232 g/mol. The Balaban J connectivity index is 0.00000121. The lowest BCUT2D eigenvalue weighted by atomic mass is 10.4. The molecular formula is C7H10BrN3O. The van der Waals surface area contributed by atoms with Gasteiger partial charge in [0, 0.05) is 12.1 Å². The molecule has 0 atom stereocenters. The van der Waals surface area contributed by atoms with E-state index in [1.165, 1.54) is 0 Å². The molecule has 12 heavy (non-hydrogen) atoms. The number of nitrogens with zero attached hydrogens (tertiary/aromatic N) is 1. The number of rotatable bonds is 2. The first-order chi connectivity index (χ1) is 5.33. The summed E-state index contributed by atoms with van der Waals surface area (Å²) in [4.78, 5) is 10.7. The number of amides is 1. The van der Waals surface area contributed by atoms with Gasteiger partial charge in [0.05, 0.1) is 0 Å². The van der Waals surface area contributed by atoms with E-state index < -0.39 is 0 Å².